The third kappa shape index (κ3) is 2.82. The van der Waals surface area contributed by atoms with E-state index in [1.807, 2.05) is 0 Å². The third-order valence-corrected chi connectivity index (χ3v) is 3.93. The van der Waals surface area contributed by atoms with Crippen LogP contribution in [-0.4, -0.2) is 20.1 Å². The summed E-state index contributed by atoms with van der Waals surface area (Å²) in [7, 11) is -0.434. The average molecular weight is 281 g/mol. The Kier molecular flexibility index (Phi) is 3.39. The number of rotatable bonds is 4. The highest BCUT2D eigenvalue weighted by atomic mass is 32.2. The van der Waals surface area contributed by atoms with Crippen molar-refractivity contribution in [3.8, 4) is 5.75 Å². The molecule has 0 atom stereocenters. The Bertz CT molecular complexity index is 692. The summed E-state index contributed by atoms with van der Waals surface area (Å²) in [5.74, 6) is 0.411. The lowest BCUT2D eigenvalue weighted by molar-refractivity contribution is 0.417. The first-order chi connectivity index (χ1) is 8.92. The van der Waals surface area contributed by atoms with Crippen LogP contribution < -0.4 is 15.2 Å². The van der Waals surface area contributed by atoms with E-state index >= 15 is 0 Å². The van der Waals surface area contributed by atoms with E-state index in [4.69, 9.17) is 10.5 Å². The van der Waals surface area contributed by atoms with Crippen molar-refractivity contribution in [2.45, 2.75) is 4.90 Å². The van der Waals surface area contributed by atoms with E-state index in [1.54, 1.807) is 29.9 Å². The Morgan fingerprint density at radius 3 is 2.63 bits per heavy atom. The summed E-state index contributed by atoms with van der Waals surface area (Å²) in [6, 6.07) is 6.28. The van der Waals surface area contributed by atoms with Gasteiger partial charge in [-0.05, 0) is 24.3 Å². The minimum absolute atomic E-state index is 0.180. The number of aryl methyl sites for hydroxylation is 1. The van der Waals surface area contributed by atoms with Gasteiger partial charge in [-0.1, -0.05) is 0 Å². The number of benzene rings is 1. The second-order valence-electron chi connectivity index (χ2n) is 4.08. The Balaban J connectivity index is 2.38. The number of aromatic nitrogens is 1. The number of sulfonamides is 1. The lowest BCUT2D eigenvalue weighted by Crippen LogP contribution is -2.13. The molecule has 2 rings (SSSR count). The number of nitrogens with one attached hydrogen (secondary N) is 1. The highest BCUT2D eigenvalue weighted by Gasteiger charge is 2.17. The zero-order valence-corrected chi connectivity index (χ0v) is 11.4. The molecule has 0 radical (unpaired) electrons. The maximum Gasteiger partial charge on any atom is 0.263 e. The Morgan fingerprint density at radius 1 is 1.32 bits per heavy atom. The molecule has 6 nitrogen and oxygen atoms in total. The fourth-order valence-electron chi connectivity index (χ4n) is 1.65. The van der Waals surface area contributed by atoms with Gasteiger partial charge in [-0.3, -0.25) is 4.72 Å². The monoisotopic (exact) mass is 281 g/mol. The fourth-order valence-corrected chi connectivity index (χ4v) is 2.76. The number of methoxy groups -OCH3 is 1. The fraction of sp³-hybridized carbons (Fsp3) is 0.167. The first-order valence-corrected chi connectivity index (χ1v) is 6.99. The largest absolute Gasteiger partial charge is 0.495 e. The summed E-state index contributed by atoms with van der Waals surface area (Å²) in [6.45, 7) is 0. The van der Waals surface area contributed by atoms with Crippen LogP contribution >= 0.6 is 0 Å². The third-order valence-electron chi connectivity index (χ3n) is 2.58. The molecule has 0 aliphatic carbocycles. The van der Waals surface area contributed by atoms with Crippen molar-refractivity contribution in [2.75, 3.05) is 17.6 Å². The maximum absolute atomic E-state index is 12.2. The molecular weight excluding hydrogens is 266 g/mol. The first-order valence-electron chi connectivity index (χ1n) is 5.50. The molecule has 0 aliphatic rings. The van der Waals surface area contributed by atoms with Crippen LogP contribution in [0.15, 0.2) is 41.6 Å². The van der Waals surface area contributed by atoms with Crippen LogP contribution in [0.2, 0.25) is 0 Å². The Labute approximate surface area is 111 Å². The van der Waals surface area contributed by atoms with Gasteiger partial charge in [0.1, 0.15) is 10.6 Å². The van der Waals surface area contributed by atoms with Crippen molar-refractivity contribution < 1.29 is 13.2 Å². The lowest BCUT2D eigenvalue weighted by Gasteiger charge is -2.11. The molecule has 1 aromatic heterocycles. The molecule has 0 bridgehead atoms. The van der Waals surface area contributed by atoms with Gasteiger partial charge in [0.05, 0.1) is 12.8 Å². The van der Waals surface area contributed by atoms with Crippen LogP contribution in [0.25, 0.3) is 0 Å². The van der Waals surface area contributed by atoms with Crippen LogP contribution in [0, 0.1) is 0 Å². The van der Waals surface area contributed by atoms with Gasteiger partial charge in [-0.2, -0.15) is 0 Å². The van der Waals surface area contributed by atoms with Crippen LogP contribution in [0.5, 0.6) is 5.75 Å². The highest BCUT2D eigenvalue weighted by Crippen LogP contribution is 2.28. The van der Waals surface area contributed by atoms with Crippen LogP contribution in [0.4, 0.5) is 11.4 Å². The van der Waals surface area contributed by atoms with Gasteiger partial charge in [-0.25, -0.2) is 8.42 Å². The number of nitrogens with zero attached hydrogens (tertiary/aromatic N) is 1. The van der Waals surface area contributed by atoms with E-state index in [2.05, 4.69) is 4.72 Å². The van der Waals surface area contributed by atoms with Gasteiger partial charge in [0.15, 0.2) is 0 Å². The minimum Gasteiger partial charge on any atom is -0.495 e. The molecule has 3 N–H and O–H groups in total. The molecule has 1 aromatic carbocycles. The molecular formula is C12H15N3O3S. The zero-order valence-electron chi connectivity index (χ0n) is 10.6. The second-order valence-corrected chi connectivity index (χ2v) is 5.76. The molecule has 2 aromatic rings. The average Bonchev–Trinajstić information content (AvgIpc) is 2.76. The summed E-state index contributed by atoms with van der Waals surface area (Å²) in [4.78, 5) is 0.180. The smallest absolute Gasteiger partial charge is 0.263 e. The zero-order chi connectivity index (χ0) is 14.0. The maximum atomic E-state index is 12.2. The van der Waals surface area contributed by atoms with Gasteiger partial charge in [0, 0.05) is 25.1 Å². The molecule has 1 heterocycles. The number of hydrogen-bond donors (Lipinski definition) is 2. The highest BCUT2D eigenvalue weighted by molar-refractivity contribution is 7.92. The molecule has 0 unspecified atom stereocenters. The number of nitrogens with two attached hydrogens (primary N) is 1. The van der Waals surface area contributed by atoms with E-state index in [0.29, 0.717) is 17.1 Å². The molecule has 0 amide bonds. The number of anilines is 2. The minimum atomic E-state index is -3.65. The standard InChI is InChI=1S/C12H15N3O3S/c1-15-6-5-10(8-15)19(16,17)14-11-7-9(13)3-4-12(11)18-2/h3-8,14H,13H2,1-2H3. The molecule has 102 valence electrons. The van der Waals surface area contributed by atoms with Crippen LogP contribution in [-0.2, 0) is 17.1 Å². The molecule has 7 heteroatoms. The van der Waals surface area contributed by atoms with E-state index < -0.39 is 10.0 Å². The summed E-state index contributed by atoms with van der Waals surface area (Å²) < 4.78 is 33.6. The van der Waals surface area contributed by atoms with Crippen LogP contribution in [0.1, 0.15) is 0 Å². The molecule has 0 saturated heterocycles. The van der Waals surface area contributed by atoms with Gasteiger partial charge >= 0.3 is 0 Å². The van der Waals surface area contributed by atoms with E-state index in [9.17, 15) is 8.42 Å². The summed E-state index contributed by atoms with van der Waals surface area (Å²) in [5.41, 5.74) is 6.41. The molecule has 0 spiro atoms. The summed E-state index contributed by atoms with van der Waals surface area (Å²) in [5, 5.41) is 0. The van der Waals surface area contributed by atoms with Crippen molar-refractivity contribution in [1.82, 2.24) is 4.57 Å². The quantitative estimate of drug-likeness (QED) is 0.830. The number of hydrogen-bond acceptors (Lipinski definition) is 4. The molecule has 19 heavy (non-hydrogen) atoms. The molecule has 0 fully saturated rings. The van der Waals surface area contributed by atoms with Crippen LogP contribution in [0.3, 0.4) is 0 Å². The van der Waals surface area contributed by atoms with E-state index in [-0.39, 0.29) is 4.90 Å². The van der Waals surface area contributed by atoms with E-state index in [1.165, 1.54) is 25.4 Å². The van der Waals surface area contributed by atoms with E-state index in [0.717, 1.165) is 0 Å². The normalized spacial score (nSPS) is 11.3. The van der Waals surface area contributed by atoms with Crippen molar-refractivity contribution in [3.05, 3.63) is 36.7 Å². The number of nitrogen functional groups attached to an aromatic ring is 1. The summed E-state index contributed by atoms with van der Waals surface area (Å²) >= 11 is 0. The Morgan fingerprint density at radius 2 is 2.05 bits per heavy atom. The van der Waals surface area contributed by atoms with Gasteiger partial charge < -0.3 is 15.0 Å². The SMILES string of the molecule is COc1ccc(N)cc1NS(=O)(=O)c1ccn(C)c1. The Hall–Kier alpha value is -2.15. The summed E-state index contributed by atoms with van der Waals surface area (Å²) in [6.07, 6.45) is 3.17. The van der Waals surface area contributed by atoms with Crippen molar-refractivity contribution in [3.63, 3.8) is 0 Å². The predicted octanol–water partition coefficient (Wildman–Crippen LogP) is 1.42. The predicted molar refractivity (Wildman–Crippen MR) is 73.6 cm³/mol. The van der Waals surface area contributed by atoms with Gasteiger partial charge in [0.2, 0.25) is 0 Å². The number of ether oxygens (including phenoxy) is 1. The van der Waals surface area contributed by atoms with Gasteiger partial charge in [-0.15, -0.1) is 0 Å². The van der Waals surface area contributed by atoms with Crippen molar-refractivity contribution in [1.29, 1.82) is 0 Å². The molecule has 0 saturated carbocycles. The van der Waals surface area contributed by atoms with Crippen molar-refractivity contribution in [2.24, 2.45) is 7.05 Å². The second kappa shape index (κ2) is 4.85. The van der Waals surface area contributed by atoms with Gasteiger partial charge in [0.25, 0.3) is 10.0 Å². The molecule has 0 aliphatic heterocycles. The first kappa shape index (κ1) is 13.3. The lowest BCUT2D eigenvalue weighted by atomic mass is 10.2. The topological polar surface area (TPSA) is 86.3 Å². The van der Waals surface area contributed by atoms with Crippen molar-refractivity contribution >= 4 is 21.4 Å².